The Hall–Kier alpha value is -5.87. The van der Waals surface area contributed by atoms with E-state index in [1.165, 1.54) is 33.4 Å². The molecule has 1 spiro atoms. The lowest BCUT2D eigenvalue weighted by atomic mass is 9.65. The van der Waals surface area contributed by atoms with Crippen molar-refractivity contribution in [2.24, 2.45) is 0 Å². The van der Waals surface area contributed by atoms with Gasteiger partial charge < -0.3 is 0 Å². The van der Waals surface area contributed by atoms with E-state index < -0.39 is 5.41 Å². The number of para-hydroxylation sites is 2. The first-order valence-corrected chi connectivity index (χ1v) is 14.9. The smallest absolute Gasteiger partial charge is 0.238 e. The molecule has 1 aromatic heterocycles. The lowest BCUT2D eigenvalue weighted by Crippen LogP contribution is -2.36. The summed E-state index contributed by atoms with van der Waals surface area (Å²) in [7, 11) is 0. The van der Waals surface area contributed by atoms with Gasteiger partial charge >= 0.3 is 0 Å². The summed E-state index contributed by atoms with van der Waals surface area (Å²) < 4.78 is 0. The monoisotopic (exact) mass is 562 g/mol. The first-order valence-electron chi connectivity index (χ1n) is 14.9. The molecule has 7 aromatic rings. The molecule has 6 aromatic carbocycles. The van der Waals surface area contributed by atoms with E-state index in [0.717, 1.165) is 22.5 Å². The molecule has 4 heteroatoms. The fourth-order valence-electron chi connectivity index (χ4n) is 7.17. The van der Waals surface area contributed by atoms with Gasteiger partial charge in [-0.1, -0.05) is 146 Å². The van der Waals surface area contributed by atoms with Gasteiger partial charge in [0.1, 0.15) is 0 Å². The molecule has 0 fully saturated rings. The van der Waals surface area contributed by atoms with E-state index in [-0.39, 0.29) is 0 Å². The number of fused-ring (bicyclic) bond motifs is 9. The standard InChI is InChI=1S/C40H26N4/c1-3-15-27(16-4-1)37-41-38(28-17-5-2-6-18-28)43-39(42-37)44-35-25-13-11-23-33(35)40(34-24-12-14-26-36(34)44)31-21-9-7-19-29(31)30-20-8-10-22-32(30)40/h1-26H. The molecule has 0 unspecified atom stereocenters. The van der Waals surface area contributed by atoms with Gasteiger partial charge in [-0.3, -0.25) is 4.90 Å². The normalized spacial score (nSPS) is 13.6. The van der Waals surface area contributed by atoms with E-state index in [1.807, 2.05) is 60.7 Å². The fraction of sp³-hybridized carbons (Fsp3) is 0.0250. The highest BCUT2D eigenvalue weighted by Crippen LogP contribution is 2.62. The van der Waals surface area contributed by atoms with Crippen molar-refractivity contribution in [2.75, 3.05) is 4.90 Å². The van der Waals surface area contributed by atoms with Crippen LogP contribution in [-0.4, -0.2) is 15.0 Å². The summed E-state index contributed by atoms with van der Waals surface area (Å²) in [5.41, 5.74) is 11.1. The Balaban J connectivity index is 1.36. The molecular weight excluding hydrogens is 536 g/mol. The summed E-state index contributed by atoms with van der Waals surface area (Å²) in [6, 6.07) is 55.5. The van der Waals surface area contributed by atoms with Crippen LogP contribution < -0.4 is 4.90 Å². The highest BCUT2D eigenvalue weighted by Gasteiger charge is 2.51. The largest absolute Gasteiger partial charge is 0.278 e. The Kier molecular flexibility index (Phi) is 5.38. The van der Waals surface area contributed by atoms with E-state index in [2.05, 4.69) is 102 Å². The zero-order valence-electron chi connectivity index (χ0n) is 23.8. The Labute approximate surface area is 256 Å². The minimum absolute atomic E-state index is 0.478. The third-order valence-electron chi connectivity index (χ3n) is 8.94. The van der Waals surface area contributed by atoms with Crippen molar-refractivity contribution in [3.8, 4) is 33.9 Å². The first-order chi connectivity index (χ1) is 21.8. The highest BCUT2D eigenvalue weighted by atomic mass is 15.3. The number of rotatable bonds is 3. The molecule has 1 aliphatic heterocycles. The van der Waals surface area contributed by atoms with Gasteiger partial charge in [-0.25, -0.2) is 4.98 Å². The van der Waals surface area contributed by atoms with Crippen LogP contribution in [0.5, 0.6) is 0 Å². The molecule has 2 heterocycles. The van der Waals surface area contributed by atoms with Gasteiger partial charge in [0.25, 0.3) is 0 Å². The van der Waals surface area contributed by atoms with Crippen LogP contribution in [0.25, 0.3) is 33.9 Å². The van der Waals surface area contributed by atoms with E-state index in [0.29, 0.717) is 17.6 Å². The summed E-state index contributed by atoms with van der Waals surface area (Å²) in [6.45, 7) is 0. The SMILES string of the molecule is c1ccc(-c2nc(-c3ccccc3)nc(N3c4ccccc4C4(c5ccccc5-c5ccccc54)c4ccccc43)n2)cc1. The molecule has 0 saturated carbocycles. The second-order valence-corrected chi connectivity index (χ2v) is 11.2. The molecule has 9 rings (SSSR count). The molecule has 2 aliphatic rings. The van der Waals surface area contributed by atoms with Crippen LogP contribution in [0.15, 0.2) is 158 Å². The molecule has 0 amide bonds. The minimum Gasteiger partial charge on any atom is -0.278 e. The van der Waals surface area contributed by atoms with Gasteiger partial charge in [0.2, 0.25) is 5.95 Å². The molecule has 0 N–H and O–H groups in total. The number of aromatic nitrogens is 3. The molecule has 44 heavy (non-hydrogen) atoms. The molecule has 206 valence electrons. The van der Waals surface area contributed by atoms with Crippen LogP contribution in [0.3, 0.4) is 0 Å². The van der Waals surface area contributed by atoms with Crippen molar-refractivity contribution in [3.05, 3.63) is 180 Å². The number of benzene rings is 6. The van der Waals surface area contributed by atoms with E-state index in [9.17, 15) is 0 Å². The Morgan fingerprint density at radius 2 is 0.750 bits per heavy atom. The topological polar surface area (TPSA) is 41.9 Å². The third kappa shape index (κ3) is 3.42. The van der Waals surface area contributed by atoms with Crippen molar-refractivity contribution in [1.29, 1.82) is 0 Å². The van der Waals surface area contributed by atoms with E-state index in [4.69, 9.17) is 15.0 Å². The van der Waals surface area contributed by atoms with Gasteiger partial charge in [-0.15, -0.1) is 0 Å². The lowest BCUT2D eigenvalue weighted by molar-refractivity contribution is 0.749. The maximum Gasteiger partial charge on any atom is 0.238 e. The quantitative estimate of drug-likeness (QED) is 0.215. The molecule has 1 aliphatic carbocycles. The summed E-state index contributed by atoms with van der Waals surface area (Å²) in [5.74, 6) is 1.87. The predicted octanol–water partition coefficient (Wildman–Crippen LogP) is 9.35. The second kappa shape index (κ2) is 9.58. The van der Waals surface area contributed by atoms with Crippen molar-refractivity contribution < 1.29 is 0 Å². The number of hydrogen-bond donors (Lipinski definition) is 0. The summed E-state index contributed by atoms with van der Waals surface area (Å²) in [5, 5.41) is 0. The highest BCUT2D eigenvalue weighted by molar-refractivity contribution is 5.95. The van der Waals surface area contributed by atoms with Crippen molar-refractivity contribution in [1.82, 2.24) is 15.0 Å². The maximum atomic E-state index is 5.16. The second-order valence-electron chi connectivity index (χ2n) is 11.2. The van der Waals surface area contributed by atoms with Gasteiger partial charge in [0, 0.05) is 11.1 Å². The third-order valence-corrected chi connectivity index (χ3v) is 8.94. The lowest BCUT2D eigenvalue weighted by Gasteiger charge is -2.44. The van der Waals surface area contributed by atoms with Gasteiger partial charge in [0.05, 0.1) is 16.8 Å². The van der Waals surface area contributed by atoms with Crippen molar-refractivity contribution in [3.63, 3.8) is 0 Å². The van der Waals surface area contributed by atoms with Crippen LogP contribution >= 0.6 is 0 Å². The minimum atomic E-state index is -0.478. The molecule has 0 bridgehead atoms. The zero-order valence-corrected chi connectivity index (χ0v) is 23.8. The summed E-state index contributed by atoms with van der Waals surface area (Å²) in [6.07, 6.45) is 0. The Bertz CT molecular complexity index is 2040. The average Bonchev–Trinajstić information content (AvgIpc) is 3.40. The molecule has 4 nitrogen and oxygen atoms in total. The van der Waals surface area contributed by atoms with Crippen LogP contribution in [-0.2, 0) is 5.41 Å². The van der Waals surface area contributed by atoms with Crippen molar-refractivity contribution in [2.45, 2.75) is 5.41 Å². The predicted molar refractivity (Wildman–Crippen MR) is 176 cm³/mol. The van der Waals surface area contributed by atoms with E-state index in [1.54, 1.807) is 0 Å². The number of nitrogens with zero attached hydrogens (tertiary/aromatic N) is 4. The number of anilines is 3. The summed E-state index contributed by atoms with van der Waals surface area (Å²) >= 11 is 0. The van der Waals surface area contributed by atoms with Gasteiger partial charge in [0.15, 0.2) is 11.6 Å². The maximum absolute atomic E-state index is 5.16. The zero-order chi connectivity index (χ0) is 29.1. The first kappa shape index (κ1) is 24.7. The Morgan fingerprint density at radius 3 is 1.23 bits per heavy atom. The molecule has 0 atom stereocenters. The Morgan fingerprint density at radius 1 is 0.364 bits per heavy atom. The van der Waals surface area contributed by atoms with Crippen LogP contribution in [0, 0.1) is 0 Å². The van der Waals surface area contributed by atoms with Crippen LogP contribution in [0.4, 0.5) is 17.3 Å². The number of hydrogen-bond acceptors (Lipinski definition) is 4. The van der Waals surface area contributed by atoms with Crippen LogP contribution in [0.2, 0.25) is 0 Å². The van der Waals surface area contributed by atoms with Crippen molar-refractivity contribution >= 4 is 17.3 Å². The fourth-order valence-corrected chi connectivity index (χ4v) is 7.17. The van der Waals surface area contributed by atoms with Gasteiger partial charge in [-0.05, 0) is 45.5 Å². The summed E-state index contributed by atoms with van der Waals surface area (Å²) in [4.78, 5) is 17.5. The molecule has 0 saturated heterocycles. The average molecular weight is 563 g/mol. The van der Waals surface area contributed by atoms with Crippen LogP contribution in [0.1, 0.15) is 22.3 Å². The molecule has 0 radical (unpaired) electrons. The van der Waals surface area contributed by atoms with E-state index >= 15 is 0 Å². The molecular formula is C40H26N4. The van der Waals surface area contributed by atoms with Gasteiger partial charge in [-0.2, -0.15) is 9.97 Å².